The largest absolute Gasteiger partial charge is 0.0882 e. The molecular weight excluding hydrogens is 168 g/mol. The van der Waals surface area contributed by atoms with E-state index in [1.165, 1.54) is 25.7 Å². The van der Waals surface area contributed by atoms with E-state index in [2.05, 4.69) is 55.0 Å². The van der Waals surface area contributed by atoms with Crippen LogP contribution in [0.3, 0.4) is 0 Å². The third-order valence-corrected chi connectivity index (χ3v) is 2.15. The molecule has 0 atom stereocenters. The van der Waals surface area contributed by atoms with Crippen molar-refractivity contribution in [3.8, 4) is 0 Å². The smallest absolute Gasteiger partial charge is 0.0166 e. The lowest BCUT2D eigenvalue weighted by Gasteiger charge is -1.94. The molecule has 0 aromatic rings. The summed E-state index contributed by atoms with van der Waals surface area (Å²) in [4.78, 5) is 0. The molecule has 0 heterocycles. The van der Waals surface area contributed by atoms with Crippen LogP contribution in [0, 0.1) is 6.42 Å². The second kappa shape index (κ2) is 8.55. The molecule has 0 fully saturated rings. The molecule has 0 N–H and O–H groups in total. The minimum Gasteiger partial charge on any atom is -0.0882 e. The average Bonchev–Trinajstić information content (AvgIpc) is 2.22. The van der Waals surface area contributed by atoms with Gasteiger partial charge in [0.15, 0.2) is 0 Å². The van der Waals surface area contributed by atoms with Crippen LogP contribution < -0.4 is 0 Å². The van der Waals surface area contributed by atoms with Gasteiger partial charge < -0.3 is 0 Å². The first-order valence-corrected chi connectivity index (χ1v) is 5.47. The van der Waals surface area contributed by atoms with E-state index in [0.29, 0.717) is 0 Å². The van der Waals surface area contributed by atoms with Crippen molar-refractivity contribution in [1.82, 2.24) is 0 Å². The first-order valence-electron chi connectivity index (χ1n) is 5.47. The molecule has 0 nitrogen and oxygen atoms in total. The highest BCUT2D eigenvalue weighted by atomic mass is 13.9. The van der Waals surface area contributed by atoms with Gasteiger partial charge in [0.05, 0.1) is 0 Å². The highest BCUT2D eigenvalue weighted by molar-refractivity contribution is 5.14. The van der Waals surface area contributed by atoms with Crippen LogP contribution in [0.2, 0.25) is 0 Å². The quantitative estimate of drug-likeness (QED) is 0.494. The van der Waals surface area contributed by atoms with Crippen molar-refractivity contribution in [2.75, 3.05) is 0 Å². The molecule has 0 bridgehead atoms. The lowest BCUT2D eigenvalue weighted by Crippen LogP contribution is -1.75. The molecule has 0 aliphatic heterocycles. The Labute approximate surface area is 87.7 Å². The third kappa shape index (κ3) is 6.47. The van der Waals surface area contributed by atoms with Crippen LogP contribution in [0.5, 0.6) is 0 Å². The Bertz CT molecular complexity index is 228. The molecule has 1 rings (SSSR count). The summed E-state index contributed by atoms with van der Waals surface area (Å²) in [6.07, 6.45) is 25.5. The van der Waals surface area contributed by atoms with Gasteiger partial charge in [-0.2, -0.15) is 0 Å². The number of hydrogen-bond donors (Lipinski definition) is 0. The summed E-state index contributed by atoms with van der Waals surface area (Å²) >= 11 is 0. The van der Waals surface area contributed by atoms with Gasteiger partial charge in [0.25, 0.3) is 0 Å². The monoisotopic (exact) mass is 187 g/mol. The van der Waals surface area contributed by atoms with Gasteiger partial charge in [-0.1, -0.05) is 55.0 Å². The minimum absolute atomic E-state index is 1.06. The molecule has 0 unspecified atom stereocenters. The van der Waals surface area contributed by atoms with Crippen molar-refractivity contribution >= 4 is 0 Å². The lowest BCUT2D eigenvalue weighted by molar-refractivity contribution is 0.746. The molecule has 0 aromatic heterocycles. The molecule has 1 aliphatic carbocycles. The highest BCUT2D eigenvalue weighted by Gasteiger charge is 1.85. The first-order chi connectivity index (χ1) is 7.00. The fourth-order valence-electron chi connectivity index (χ4n) is 1.34. The molecule has 75 valence electrons. The predicted octanol–water partition coefficient (Wildman–Crippen LogP) is 4.38. The summed E-state index contributed by atoms with van der Waals surface area (Å²) in [6, 6.07) is 0. The van der Waals surface area contributed by atoms with Gasteiger partial charge >= 0.3 is 0 Å². The molecule has 1 aliphatic rings. The van der Waals surface area contributed by atoms with Gasteiger partial charge in [-0.15, -0.1) is 0 Å². The Hall–Kier alpha value is -1.04. The van der Waals surface area contributed by atoms with Crippen LogP contribution in [-0.2, 0) is 0 Å². The summed E-state index contributed by atoms with van der Waals surface area (Å²) in [6.45, 7) is 0. The molecule has 0 heteroatoms. The van der Waals surface area contributed by atoms with E-state index in [1.807, 2.05) is 0 Å². The molecule has 0 amide bonds. The van der Waals surface area contributed by atoms with Crippen molar-refractivity contribution in [3.63, 3.8) is 0 Å². The topological polar surface area (TPSA) is 0 Å². The van der Waals surface area contributed by atoms with Crippen LogP contribution >= 0.6 is 0 Å². The molecule has 0 aromatic carbocycles. The SMILES string of the molecule is [CH]1/C=C/C=C\C=C\C/C=C/CCCC1. The van der Waals surface area contributed by atoms with Gasteiger partial charge in [-0.05, 0) is 32.1 Å². The Morgan fingerprint density at radius 1 is 0.571 bits per heavy atom. The van der Waals surface area contributed by atoms with Crippen LogP contribution in [-0.4, -0.2) is 0 Å². The maximum atomic E-state index is 2.29. The van der Waals surface area contributed by atoms with Gasteiger partial charge in [0.1, 0.15) is 0 Å². The van der Waals surface area contributed by atoms with Gasteiger partial charge in [-0.3, -0.25) is 0 Å². The van der Waals surface area contributed by atoms with Gasteiger partial charge in [0.2, 0.25) is 0 Å². The normalized spacial score (nSPS) is 28.6. The van der Waals surface area contributed by atoms with E-state index in [1.54, 1.807) is 0 Å². The van der Waals surface area contributed by atoms with E-state index in [-0.39, 0.29) is 0 Å². The zero-order valence-electron chi connectivity index (χ0n) is 8.73. The molecule has 0 spiro atoms. The average molecular weight is 187 g/mol. The predicted molar refractivity (Wildman–Crippen MR) is 63.9 cm³/mol. The number of allylic oxidation sites excluding steroid dienone is 8. The zero-order valence-corrected chi connectivity index (χ0v) is 8.73. The fourth-order valence-corrected chi connectivity index (χ4v) is 1.34. The molecule has 0 saturated carbocycles. The Morgan fingerprint density at radius 3 is 2.36 bits per heavy atom. The summed E-state index contributed by atoms with van der Waals surface area (Å²) in [7, 11) is 0. The number of hydrogen-bond acceptors (Lipinski definition) is 0. The highest BCUT2D eigenvalue weighted by Crippen LogP contribution is 2.04. The van der Waals surface area contributed by atoms with E-state index in [9.17, 15) is 0 Å². The summed E-state index contributed by atoms with van der Waals surface area (Å²) in [5.41, 5.74) is 0. The summed E-state index contributed by atoms with van der Waals surface area (Å²) in [5, 5.41) is 0. The third-order valence-electron chi connectivity index (χ3n) is 2.15. The van der Waals surface area contributed by atoms with Crippen LogP contribution in [0.4, 0.5) is 0 Å². The lowest BCUT2D eigenvalue weighted by atomic mass is 10.1. The standard InChI is InChI=1S/C14H19/c1-2-4-6-8-10-12-14-13-11-9-7-5-3-1/h1-7,10,12H,8-9,11,13-14H2/b2-1-,5-3+,6-4+,12-10+. The Morgan fingerprint density at radius 2 is 1.36 bits per heavy atom. The zero-order chi connectivity index (χ0) is 9.90. The van der Waals surface area contributed by atoms with Crippen LogP contribution in [0.1, 0.15) is 32.1 Å². The van der Waals surface area contributed by atoms with Crippen LogP contribution in [0.25, 0.3) is 0 Å². The second-order valence-electron chi connectivity index (χ2n) is 3.43. The molecule has 14 heavy (non-hydrogen) atoms. The van der Waals surface area contributed by atoms with E-state index >= 15 is 0 Å². The minimum atomic E-state index is 1.06. The molecule has 1 radical (unpaired) electrons. The molecule has 0 saturated heterocycles. The second-order valence-corrected chi connectivity index (χ2v) is 3.43. The summed E-state index contributed by atoms with van der Waals surface area (Å²) in [5.74, 6) is 0. The van der Waals surface area contributed by atoms with Crippen LogP contribution in [0.15, 0.2) is 48.6 Å². The van der Waals surface area contributed by atoms with E-state index < -0.39 is 0 Å². The number of rotatable bonds is 0. The van der Waals surface area contributed by atoms with Crippen molar-refractivity contribution in [2.24, 2.45) is 0 Å². The fraction of sp³-hybridized carbons (Fsp3) is 0.357. The maximum Gasteiger partial charge on any atom is -0.0166 e. The van der Waals surface area contributed by atoms with Crippen molar-refractivity contribution in [3.05, 3.63) is 55.0 Å². The summed E-state index contributed by atoms with van der Waals surface area (Å²) < 4.78 is 0. The van der Waals surface area contributed by atoms with Crippen molar-refractivity contribution in [2.45, 2.75) is 32.1 Å². The van der Waals surface area contributed by atoms with E-state index in [4.69, 9.17) is 0 Å². The Balaban J connectivity index is 2.36. The van der Waals surface area contributed by atoms with Crippen molar-refractivity contribution < 1.29 is 0 Å². The van der Waals surface area contributed by atoms with Crippen molar-refractivity contribution in [1.29, 1.82) is 0 Å². The van der Waals surface area contributed by atoms with Gasteiger partial charge in [-0.25, -0.2) is 0 Å². The Kier molecular flexibility index (Phi) is 6.74. The molecular formula is C14H19. The van der Waals surface area contributed by atoms with E-state index in [0.717, 1.165) is 6.42 Å². The maximum absolute atomic E-state index is 2.29. The van der Waals surface area contributed by atoms with Gasteiger partial charge in [0, 0.05) is 0 Å². The first kappa shape index (κ1) is 11.0.